The normalized spacial score (nSPS) is 10.8. The van der Waals surface area contributed by atoms with Gasteiger partial charge in [0, 0.05) is 23.6 Å². The lowest BCUT2D eigenvalue weighted by atomic mass is 10.1. The van der Waals surface area contributed by atoms with E-state index < -0.39 is 0 Å². The van der Waals surface area contributed by atoms with Crippen molar-refractivity contribution >= 4 is 21.8 Å². The molecule has 146 valence electrons. The van der Waals surface area contributed by atoms with Crippen molar-refractivity contribution in [3.8, 4) is 5.75 Å². The molecule has 0 radical (unpaired) electrons. The van der Waals surface area contributed by atoms with Crippen molar-refractivity contribution in [3.05, 3.63) is 80.9 Å². The van der Waals surface area contributed by atoms with E-state index in [1.54, 1.807) is 43.4 Å². The van der Waals surface area contributed by atoms with E-state index in [2.05, 4.69) is 21.1 Å². The fourth-order valence-electron chi connectivity index (χ4n) is 2.82. The summed E-state index contributed by atoms with van der Waals surface area (Å²) in [4.78, 5) is 14.4. The molecular formula is C21H20BrFN2O3. The van der Waals surface area contributed by atoms with E-state index in [0.717, 1.165) is 15.7 Å². The molecule has 0 atom stereocenters. The van der Waals surface area contributed by atoms with Crippen LogP contribution in [0.4, 0.5) is 4.39 Å². The summed E-state index contributed by atoms with van der Waals surface area (Å²) in [6.45, 7) is 4.04. The second-order valence-corrected chi connectivity index (χ2v) is 7.40. The Labute approximate surface area is 171 Å². The maximum atomic E-state index is 14.0. The average molecular weight is 447 g/mol. The molecule has 1 aromatic heterocycles. The van der Waals surface area contributed by atoms with Crippen molar-refractivity contribution in [2.45, 2.75) is 27.0 Å². The Morgan fingerprint density at radius 2 is 2.00 bits per heavy atom. The number of ether oxygens (including phenoxy) is 1. The molecule has 0 spiro atoms. The topological polar surface area (TPSA) is 55.6 Å². The Morgan fingerprint density at radius 1 is 1.25 bits per heavy atom. The summed E-state index contributed by atoms with van der Waals surface area (Å²) in [6, 6.07) is 11.7. The zero-order valence-electron chi connectivity index (χ0n) is 15.8. The molecule has 3 aromatic rings. The van der Waals surface area contributed by atoms with Crippen LogP contribution in [0, 0.1) is 19.7 Å². The number of aromatic nitrogens is 1. The molecule has 1 heterocycles. The highest BCUT2D eigenvalue weighted by Gasteiger charge is 2.19. The number of halogens is 2. The van der Waals surface area contributed by atoms with Gasteiger partial charge in [-0.1, -0.05) is 33.2 Å². The van der Waals surface area contributed by atoms with Crippen molar-refractivity contribution in [1.29, 1.82) is 0 Å². The van der Waals surface area contributed by atoms with Gasteiger partial charge in [-0.05, 0) is 44.2 Å². The summed E-state index contributed by atoms with van der Waals surface area (Å²) in [6.07, 6.45) is 0. The standard InChI is InChI=1S/C21H20BrFN2O3/c1-13-18(14(2)28-24-13)12-27-20-7-5-4-6-17(20)21(26)25(3)11-15-10-16(22)8-9-19(15)23/h4-10H,11-12H2,1-3H3. The first-order valence-electron chi connectivity index (χ1n) is 8.69. The number of carbonyl (C=O) groups is 1. The van der Waals surface area contributed by atoms with Crippen LogP contribution in [0.25, 0.3) is 0 Å². The van der Waals surface area contributed by atoms with Gasteiger partial charge in [0.2, 0.25) is 0 Å². The minimum Gasteiger partial charge on any atom is -0.488 e. The second-order valence-electron chi connectivity index (χ2n) is 6.48. The average Bonchev–Trinajstić information content (AvgIpc) is 3.00. The Hall–Kier alpha value is -2.67. The maximum absolute atomic E-state index is 14.0. The monoisotopic (exact) mass is 446 g/mol. The van der Waals surface area contributed by atoms with E-state index in [1.165, 1.54) is 11.0 Å². The van der Waals surface area contributed by atoms with E-state index in [0.29, 0.717) is 22.6 Å². The predicted molar refractivity (Wildman–Crippen MR) is 107 cm³/mol. The lowest BCUT2D eigenvalue weighted by Crippen LogP contribution is -2.27. The largest absolute Gasteiger partial charge is 0.488 e. The molecule has 0 saturated carbocycles. The molecule has 0 fully saturated rings. The molecule has 1 amide bonds. The third-order valence-electron chi connectivity index (χ3n) is 4.43. The summed E-state index contributed by atoms with van der Waals surface area (Å²) in [5.41, 5.74) is 2.45. The fourth-order valence-corrected chi connectivity index (χ4v) is 3.23. The van der Waals surface area contributed by atoms with Crippen LogP contribution in [0.1, 0.15) is 32.9 Å². The zero-order chi connectivity index (χ0) is 20.3. The SMILES string of the molecule is Cc1noc(C)c1COc1ccccc1C(=O)N(C)Cc1cc(Br)ccc1F. The van der Waals surface area contributed by atoms with Gasteiger partial charge in [-0.3, -0.25) is 4.79 Å². The molecule has 28 heavy (non-hydrogen) atoms. The highest BCUT2D eigenvalue weighted by Crippen LogP contribution is 2.24. The molecule has 7 heteroatoms. The van der Waals surface area contributed by atoms with E-state index in [4.69, 9.17) is 9.26 Å². The highest BCUT2D eigenvalue weighted by atomic mass is 79.9. The molecule has 0 aliphatic heterocycles. The van der Waals surface area contributed by atoms with Crippen LogP contribution in [0.3, 0.4) is 0 Å². The van der Waals surface area contributed by atoms with Gasteiger partial charge in [0.05, 0.1) is 16.8 Å². The van der Waals surface area contributed by atoms with Crippen LogP contribution in [0.2, 0.25) is 0 Å². The van der Waals surface area contributed by atoms with Gasteiger partial charge in [0.1, 0.15) is 23.9 Å². The highest BCUT2D eigenvalue weighted by molar-refractivity contribution is 9.10. The Bertz CT molecular complexity index is 984. The Morgan fingerprint density at radius 3 is 2.71 bits per heavy atom. The molecule has 0 saturated heterocycles. The second kappa shape index (κ2) is 8.56. The number of nitrogens with zero attached hydrogens (tertiary/aromatic N) is 2. The molecule has 0 aliphatic rings. The molecule has 3 rings (SSSR count). The predicted octanol–water partition coefficient (Wildman–Crippen LogP) is 5.04. The molecular weight excluding hydrogens is 427 g/mol. The van der Waals surface area contributed by atoms with Gasteiger partial charge >= 0.3 is 0 Å². The first-order valence-corrected chi connectivity index (χ1v) is 9.49. The van der Waals surface area contributed by atoms with Gasteiger partial charge < -0.3 is 14.2 Å². The summed E-state index contributed by atoms with van der Waals surface area (Å²) in [5, 5.41) is 3.91. The molecule has 0 unspecified atom stereocenters. The third-order valence-corrected chi connectivity index (χ3v) is 4.93. The van der Waals surface area contributed by atoms with E-state index in [1.807, 2.05) is 13.8 Å². The minimum absolute atomic E-state index is 0.141. The van der Waals surface area contributed by atoms with Crippen LogP contribution in [-0.2, 0) is 13.2 Å². The summed E-state index contributed by atoms with van der Waals surface area (Å²) in [7, 11) is 1.63. The zero-order valence-corrected chi connectivity index (χ0v) is 17.4. The van der Waals surface area contributed by atoms with Crippen molar-refractivity contribution in [2.24, 2.45) is 0 Å². The van der Waals surface area contributed by atoms with Crippen molar-refractivity contribution in [1.82, 2.24) is 10.1 Å². The summed E-state index contributed by atoms with van der Waals surface area (Å²) < 4.78 is 25.8. The van der Waals surface area contributed by atoms with Crippen LogP contribution in [-0.4, -0.2) is 23.0 Å². The smallest absolute Gasteiger partial charge is 0.257 e. The number of aryl methyl sites for hydroxylation is 2. The Balaban J connectivity index is 1.77. The van der Waals surface area contributed by atoms with Gasteiger partial charge in [0.15, 0.2) is 0 Å². The van der Waals surface area contributed by atoms with Crippen molar-refractivity contribution < 1.29 is 18.4 Å². The van der Waals surface area contributed by atoms with Crippen molar-refractivity contribution in [2.75, 3.05) is 7.05 Å². The van der Waals surface area contributed by atoms with Gasteiger partial charge in [-0.2, -0.15) is 0 Å². The first kappa shape index (κ1) is 20.1. The third kappa shape index (κ3) is 4.42. The number of hydrogen-bond acceptors (Lipinski definition) is 4. The quantitative estimate of drug-likeness (QED) is 0.531. The first-order chi connectivity index (χ1) is 13.4. The molecule has 2 aromatic carbocycles. The van der Waals surface area contributed by atoms with E-state index >= 15 is 0 Å². The molecule has 0 aliphatic carbocycles. The number of hydrogen-bond donors (Lipinski definition) is 0. The van der Waals surface area contributed by atoms with Crippen LogP contribution >= 0.6 is 15.9 Å². The number of amides is 1. The Kier molecular flexibility index (Phi) is 6.14. The lowest BCUT2D eigenvalue weighted by molar-refractivity contribution is 0.0779. The number of para-hydroxylation sites is 1. The minimum atomic E-state index is -0.356. The van der Waals surface area contributed by atoms with E-state index in [9.17, 15) is 9.18 Å². The van der Waals surface area contributed by atoms with E-state index in [-0.39, 0.29) is 24.9 Å². The summed E-state index contributed by atoms with van der Waals surface area (Å²) >= 11 is 3.33. The fraction of sp³-hybridized carbons (Fsp3) is 0.238. The van der Waals surface area contributed by atoms with Gasteiger partial charge in [-0.25, -0.2) is 4.39 Å². The molecule has 0 N–H and O–H groups in total. The molecule has 0 bridgehead atoms. The molecule has 5 nitrogen and oxygen atoms in total. The summed E-state index contributed by atoms with van der Waals surface area (Å²) in [5.74, 6) is 0.525. The van der Waals surface area contributed by atoms with Crippen LogP contribution in [0.15, 0.2) is 51.5 Å². The van der Waals surface area contributed by atoms with Crippen LogP contribution in [0.5, 0.6) is 5.75 Å². The van der Waals surface area contributed by atoms with Crippen LogP contribution < -0.4 is 4.74 Å². The lowest BCUT2D eigenvalue weighted by Gasteiger charge is -2.20. The number of benzene rings is 2. The number of carbonyl (C=O) groups excluding carboxylic acids is 1. The maximum Gasteiger partial charge on any atom is 0.257 e. The van der Waals surface area contributed by atoms with Gasteiger partial charge in [0.25, 0.3) is 5.91 Å². The van der Waals surface area contributed by atoms with Crippen molar-refractivity contribution in [3.63, 3.8) is 0 Å². The van der Waals surface area contributed by atoms with Gasteiger partial charge in [-0.15, -0.1) is 0 Å². The number of rotatable bonds is 6.